The lowest BCUT2D eigenvalue weighted by Crippen LogP contribution is -2.30. The standard InChI is InChI=1S/C28H45ClO5/c1-4-5-11-20(2)18-22(30)15-16-24-23(13-8-6-7-12-21(3)28(31)32)25(29)19-26(24)34-27-14-9-10-17-33-27/h6,8,15-16,20-21,23-27H,4-5,7,9-14,17-19H2,1-3H3,(H,31,32)/t20-,21?,23+,24+,25+,26+,27?/m0/s1. The van der Waals surface area contributed by atoms with Gasteiger partial charge in [-0.15, -0.1) is 11.6 Å². The van der Waals surface area contributed by atoms with Gasteiger partial charge < -0.3 is 14.6 Å². The lowest BCUT2D eigenvalue weighted by Gasteiger charge is -2.29. The Kier molecular flexibility index (Phi) is 13.5. The van der Waals surface area contributed by atoms with Crippen LogP contribution in [0.4, 0.5) is 0 Å². The minimum Gasteiger partial charge on any atom is -0.481 e. The zero-order valence-electron chi connectivity index (χ0n) is 21.3. The van der Waals surface area contributed by atoms with E-state index in [4.69, 9.17) is 26.2 Å². The van der Waals surface area contributed by atoms with Crippen LogP contribution in [0.25, 0.3) is 0 Å². The topological polar surface area (TPSA) is 72.8 Å². The summed E-state index contributed by atoms with van der Waals surface area (Å²) in [6.45, 7) is 6.79. The van der Waals surface area contributed by atoms with Crippen LogP contribution in [0.2, 0.25) is 0 Å². The number of hydrogen-bond acceptors (Lipinski definition) is 4. The lowest BCUT2D eigenvalue weighted by molar-refractivity contribution is -0.192. The highest BCUT2D eigenvalue weighted by Crippen LogP contribution is 2.42. The summed E-state index contributed by atoms with van der Waals surface area (Å²) in [5, 5.41) is 9.01. The summed E-state index contributed by atoms with van der Waals surface area (Å²) in [7, 11) is 0. The van der Waals surface area contributed by atoms with Crippen molar-refractivity contribution in [1.82, 2.24) is 0 Å². The molecule has 6 heteroatoms. The Morgan fingerprint density at radius 2 is 2.00 bits per heavy atom. The Balaban J connectivity index is 2.00. The third kappa shape index (κ3) is 10.2. The van der Waals surface area contributed by atoms with E-state index in [2.05, 4.69) is 26.0 Å². The molecule has 1 aliphatic heterocycles. The minimum absolute atomic E-state index is 0.0376. The van der Waals surface area contributed by atoms with Crippen LogP contribution in [0, 0.1) is 23.7 Å². The normalized spacial score (nSPS) is 29.6. The van der Waals surface area contributed by atoms with E-state index in [-0.39, 0.29) is 41.3 Å². The second kappa shape index (κ2) is 15.7. The van der Waals surface area contributed by atoms with Crippen LogP contribution in [-0.4, -0.2) is 41.2 Å². The third-order valence-corrected chi connectivity index (χ3v) is 7.68. The molecule has 2 rings (SSSR count). The van der Waals surface area contributed by atoms with Gasteiger partial charge in [-0.25, -0.2) is 0 Å². The van der Waals surface area contributed by atoms with Gasteiger partial charge in [0.2, 0.25) is 0 Å². The molecule has 1 saturated carbocycles. The van der Waals surface area contributed by atoms with E-state index in [9.17, 15) is 9.59 Å². The summed E-state index contributed by atoms with van der Waals surface area (Å²) in [6, 6.07) is 0. The summed E-state index contributed by atoms with van der Waals surface area (Å²) < 4.78 is 12.2. The number of unbranched alkanes of at least 4 members (excludes halogenated alkanes) is 1. The summed E-state index contributed by atoms with van der Waals surface area (Å²) in [6.07, 6.45) is 17.7. The number of ether oxygens (including phenoxy) is 2. The molecule has 2 unspecified atom stereocenters. The van der Waals surface area contributed by atoms with Gasteiger partial charge in [0, 0.05) is 24.3 Å². The van der Waals surface area contributed by atoms with Crippen molar-refractivity contribution in [3.05, 3.63) is 24.3 Å². The maximum Gasteiger partial charge on any atom is 0.306 e. The molecule has 1 saturated heterocycles. The molecule has 1 heterocycles. The molecule has 194 valence electrons. The summed E-state index contributed by atoms with van der Waals surface area (Å²) in [5.74, 6) is -0.293. The van der Waals surface area contributed by atoms with Crippen molar-refractivity contribution in [2.24, 2.45) is 23.7 Å². The zero-order valence-corrected chi connectivity index (χ0v) is 22.1. The second-order valence-electron chi connectivity index (χ2n) is 10.3. The van der Waals surface area contributed by atoms with Crippen LogP contribution >= 0.6 is 11.6 Å². The fourth-order valence-electron chi connectivity index (χ4n) is 4.93. The molecule has 0 amide bonds. The van der Waals surface area contributed by atoms with Crippen molar-refractivity contribution in [2.75, 3.05) is 6.61 Å². The number of hydrogen-bond donors (Lipinski definition) is 1. The Bertz CT molecular complexity index is 670. The molecule has 0 bridgehead atoms. The third-order valence-electron chi connectivity index (χ3n) is 7.18. The number of ketones is 1. The van der Waals surface area contributed by atoms with Gasteiger partial charge in [0.25, 0.3) is 0 Å². The van der Waals surface area contributed by atoms with Gasteiger partial charge >= 0.3 is 5.97 Å². The first-order chi connectivity index (χ1) is 16.3. The van der Waals surface area contributed by atoms with Crippen molar-refractivity contribution in [3.8, 4) is 0 Å². The first-order valence-electron chi connectivity index (χ1n) is 13.3. The molecule has 34 heavy (non-hydrogen) atoms. The number of halogens is 1. The fourth-order valence-corrected chi connectivity index (χ4v) is 5.37. The molecular weight excluding hydrogens is 452 g/mol. The van der Waals surface area contributed by atoms with E-state index in [1.165, 1.54) is 0 Å². The second-order valence-corrected chi connectivity index (χ2v) is 10.8. The average Bonchev–Trinajstić information content (AvgIpc) is 3.10. The zero-order chi connectivity index (χ0) is 24.9. The minimum atomic E-state index is -0.756. The van der Waals surface area contributed by atoms with E-state index in [0.717, 1.165) is 64.4 Å². The van der Waals surface area contributed by atoms with E-state index in [0.29, 0.717) is 18.8 Å². The summed E-state index contributed by atoms with van der Waals surface area (Å²) in [4.78, 5) is 23.6. The van der Waals surface area contributed by atoms with E-state index in [1.807, 2.05) is 6.08 Å². The van der Waals surface area contributed by atoms with Gasteiger partial charge in [0.1, 0.15) is 0 Å². The Hall–Kier alpha value is -1.17. The van der Waals surface area contributed by atoms with Crippen LogP contribution in [0.1, 0.15) is 91.4 Å². The van der Waals surface area contributed by atoms with Crippen LogP contribution in [0.5, 0.6) is 0 Å². The quantitative estimate of drug-likeness (QED) is 0.151. The number of carbonyl (C=O) groups excluding carboxylic acids is 1. The molecule has 5 nitrogen and oxygen atoms in total. The Morgan fingerprint density at radius 3 is 2.68 bits per heavy atom. The van der Waals surface area contributed by atoms with E-state index >= 15 is 0 Å². The smallest absolute Gasteiger partial charge is 0.306 e. The van der Waals surface area contributed by atoms with Crippen LogP contribution in [-0.2, 0) is 19.1 Å². The molecule has 0 aromatic carbocycles. The maximum absolute atomic E-state index is 12.6. The highest BCUT2D eigenvalue weighted by atomic mass is 35.5. The van der Waals surface area contributed by atoms with Gasteiger partial charge in [0.15, 0.2) is 12.1 Å². The largest absolute Gasteiger partial charge is 0.481 e. The number of rotatable bonds is 15. The van der Waals surface area contributed by atoms with Gasteiger partial charge in [-0.05, 0) is 62.9 Å². The molecule has 0 aromatic heterocycles. The van der Waals surface area contributed by atoms with Crippen molar-refractivity contribution in [3.63, 3.8) is 0 Å². The number of carboxylic acids is 1. The monoisotopic (exact) mass is 496 g/mol. The summed E-state index contributed by atoms with van der Waals surface area (Å²) in [5.41, 5.74) is 0. The molecular formula is C28H45ClO5. The number of allylic oxidation sites excluding steroid dienone is 3. The SMILES string of the molecule is CCCC[C@H](C)CC(=O)C=C[C@@H]1[C@@H](CC=CCCC(C)C(=O)O)[C@H](Cl)C[C@H]1OC1CCCCO1. The number of aliphatic carboxylic acids is 1. The maximum atomic E-state index is 12.6. The van der Waals surface area contributed by atoms with Crippen molar-refractivity contribution in [1.29, 1.82) is 0 Å². The molecule has 2 aliphatic rings. The molecule has 1 N–H and O–H groups in total. The Morgan fingerprint density at radius 1 is 1.21 bits per heavy atom. The van der Waals surface area contributed by atoms with Gasteiger partial charge in [0.05, 0.1) is 12.0 Å². The van der Waals surface area contributed by atoms with Crippen LogP contribution in [0.3, 0.4) is 0 Å². The van der Waals surface area contributed by atoms with E-state index in [1.54, 1.807) is 13.0 Å². The molecule has 0 aromatic rings. The van der Waals surface area contributed by atoms with Gasteiger partial charge in [-0.2, -0.15) is 0 Å². The lowest BCUT2D eigenvalue weighted by atomic mass is 9.89. The van der Waals surface area contributed by atoms with Crippen LogP contribution in [0.15, 0.2) is 24.3 Å². The predicted octanol–water partition coefficient (Wildman–Crippen LogP) is 6.93. The molecule has 2 fully saturated rings. The van der Waals surface area contributed by atoms with Crippen molar-refractivity contribution < 1.29 is 24.2 Å². The molecule has 0 spiro atoms. The Labute approximate surface area is 211 Å². The summed E-state index contributed by atoms with van der Waals surface area (Å²) >= 11 is 6.80. The van der Waals surface area contributed by atoms with Crippen molar-refractivity contribution in [2.45, 2.75) is 109 Å². The predicted molar refractivity (Wildman–Crippen MR) is 137 cm³/mol. The van der Waals surface area contributed by atoms with Gasteiger partial charge in [-0.1, -0.05) is 58.3 Å². The number of alkyl halides is 1. The highest BCUT2D eigenvalue weighted by molar-refractivity contribution is 6.21. The van der Waals surface area contributed by atoms with Gasteiger partial charge in [-0.3, -0.25) is 9.59 Å². The number of carboxylic acid groups (broad SMARTS) is 1. The van der Waals surface area contributed by atoms with Crippen LogP contribution < -0.4 is 0 Å². The number of carbonyl (C=O) groups is 2. The van der Waals surface area contributed by atoms with E-state index < -0.39 is 5.97 Å². The molecule has 1 aliphatic carbocycles. The molecule has 0 radical (unpaired) electrons. The highest BCUT2D eigenvalue weighted by Gasteiger charge is 2.42. The first kappa shape index (κ1) is 29.1. The average molecular weight is 497 g/mol. The van der Waals surface area contributed by atoms with Crippen molar-refractivity contribution >= 4 is 23.4 Å². The first-order valence-corrected chi connectivity index (χ1v) is 13.7. The molecule has 7 atom stereocenters. The fraction of sp³-hybridized carbons (Fsp3) is 0.786.